The van der Waals surface area contributed by atoms with Crippen LogP contribution in [-0.4, -0.2) is 43.8 Å². The average Bonchev–Trinajstić information content (AvgIpc) is 2.91. The van der Waals surface area contributed by atoms with Crippen LogP contribution in [0.1, 0.15) is 30.0 Å². The molecular weight excluding hydrogens is 255 g/mol. The molecule has 0 amide bonds. The maximum absolute atomic E-state index is 14.1. The lowest BCUT2D eigenvalue weighted by atomic mass is 9.97. The van der Waals surface area contributed by atoms with Crippen LogP contribution in [0.15, 0.2) is 18.2 Å². The largest absolute Gasteiger partial charge is 0.373 e. The third-order valence-electron chi connectivity index (χ3n) is 4.59. The predicted molar refractivity (Wildman–Crippen MR) is 77.3 cm³/mol. The SMILES string of the molecule is CNC(c1cc(C)ccc1F)C1CN2CCCC2CO1. The van der Waals surface area contributed by atoms with Gasteiger partial charge in [0.05, 0.1) is 18.8 Å². The number of benzene rings is 1. The van der Waals surface area contributed by atoms with Gasteiger partial charge in [-0.3, -0.25) is 4.90 Å². The molecule has 2 fully saturated rings. The van der Waals surface area contributed by atoms with Crippen molar-refractivity contribution < 1.29 is 9.13 Å². The number of fused-ring (bicyclic) bond motifs is 1. The summed E-state index contributed by atoms with van der Waals surface area (Å²) >= 11 is 0. The van der Waals surface area contributed by atoms with Gasteiger partial charge in [-0.2, -0.15) is 0 Å². The van der Waals surface area contributed by atoms with Gasteiger partial charge in [-0.15, -0.1) is 0 Å². The Labute approximate surface area is 120 Å². The number of nitrogens with zero attached hydrogens (tertiary/aromatic N) is 1. The third-order valence-corrected chi connectivity index (χ3v) is 4.59. The number of likely N-dealkylation sites (N-methyl/N-ethyl adjacent to an activating group) is 1. The molecule has 3 nitrogen and oxygen atoms in total. The zero-order valence-electron chi connectivity index (χ0n) is 12.2. The minimum Gasteiger partial charge on any atom is -0.373 e. The van der Waals surface area contributed by atoms with Crippen molar-refractivity contribution in [3.63, 3.8) is 0 Å². The molecule has 3 unspecified atom stereocenters. The Hall–Kier alpha value is -0.970. The van der Waals surface area contributed by atoms with E-state index in [-0.39, 0.29) is 18.0 Å². The van der Waals surface area contributed by atoms with Gasteiger partial charge in [0.1, 0.15) is 5.82 Å². The quantitative estimate of drug-likeness (QED) is 0.918. The van der Waals surface area contributed by atoms with Crippen LogP contribution >= 0.6 is 0 Å². The molecule has 110 valence electrons. The lowest BCUT2D eigenvalue weighted by Gasteiger charge is -2.39. The first-order chi connectivity index (χ1) is 9.69. The number of halogens is 1. The van der Waals surface area contributed by atoms with Crippen molar-refractivity contribution in [1.82, 2.24) is 10.2 Å². The number of morpholine rings is 1. The van der Waals surface area contributed by atoms with Crippen molar-refractivity contribution in [2.24, 2.45) is 0 Å². The van der Waals surface area contributed by atoms with Gasteiger partial charge in [-0.05, 0) is 39.4 Å². The van der Waals surface area contributed by atoms with Crippen molar-refractivity contribution in [2.75, 3.05) is 26.7 Å². The Balaban J connectivity index is 1.81. The van der Waals surface area contributed by atoms with E-state index in [9.17, 15) is 4.39 Å². The normalized spacial score (nSPS) is 28.4. The van der Waals surface area contributed by atoms with E-state index in [2.05, 4.69) is 10.2 Å². The first-order valence-corrected chi connectivity index (χ1v) is 7.48. The molecule has 0 bridgehead atoms. The Morgan fingerprint density at radius 2 is 2.30 bits per heavy atom. The first-order valence-electron chi connectivity index (χ1n) is 7.48. The summed E-state index contributed by atoms with van der Waals surface area (Å²) < 4.78 is 20.1. The topological polar surface area (TPSA) is 24.5 Å². The van der Waals surface area contributed by atoms with Crippen molar-refractivity contribution in [3.8, 4) is 0 Å². The molecule has 0 aromatic heterocycles. The Bertz CT molecular complexity index is 480. The molecule has 1 aromatic carbocycles. The summed E-state index contributed by atoms with van der Waals surface area (Å²) in [5, 5.41) is 3.24. The molecule has 3 atom stereocenters. The molecular formula is C16H23FN2O. The molecule has 0 radical (unpaired) electrons. The molecule has 20 heavy (non-hydrogen) atoms. The van der Waals surface area contributed by atoms with Gasteiger partial charge in [-0.1, -0.05) is 17.7 Å². The molecule has 2 heterocycles. The van der Waals surface area contributed by atoms with Crippen LogP contribution in [0.4, 0.5) is 4.39 Å². The van der Waals surface area contributed by atoms with Crippen molar-refractivity contribution in [3.05, 3.63) is 35.1 Å². The Kier molecular flexibility index (Phi) is 4.06. The number of ether oxygens (including phenoxy) is 1. The molecule has 0 aliphatic carbocycles. The van der Waals surface area contributed by atoms with Crippen molar-refractivity contribution in [1.29, 1.82) is 0 Å². The Morgan fingerprint density at radius 3 is 3.10 bits per heavy atom. The number of hydrogen-bond acceptors (Lipinski definition) is 3. The third kappa shape index (κ3) is 2.60. The fourth-order valence-corrected chi connectivity index (χ4v) is 3.49. The van der Waals surface area contributed by atoms with E-state index in [4.69, 9.17) is 4.74 Å². The molecule has 0 spiro atoms. The molecule has 3 rings (SSSR count). The van der Waals surface area contributed by atoms with E-state index in [1.807, 2.05) is 26.1 Å². The number of rotatable bonds is 3. The lowest BCUT2D eigenvalue weighted by molar-refractivity contribution is -0.0647. The minimum atomic E-state index is -0.151. The van der Waals surface area contributed by atoms with Crippen LogP contribution in [0, 0.1) is 12.7 Å². The Morgan fingerprint density at radius 1 is 1.45 bits per heavy atom. The standard InChI is InChI=1S/C16H23FN2O/c1-11-5-6-14(17)13(8-11)16(18-2)15-9-19-7-3-4-12(19)10-20-15/h5-6,8,12,15-16,18H,3-4,7,9-10H2,1-2H3. The van der Waals surface area contributed by atoms with E-state index in [0.717, 1.165) is 30.8 Å². The van der Waals surface area contributed by atoms with Crippen LogP contribution in [0.25, 0.3) is 0 Å². The smallest absolute Gasteiger partial charge is 0.128 e. The number of aryl methyl sites for hydroxylation is 1. The second kappa shape index (κ2) is 5.80. The van der Waals surface area contributed by atoms with E-state index in [1.165, 1.54) is 12.8 Å². The summed E-state index contributed by atoms with van der Waals surface area (Å²) in [6.45, 7) is 4.81. The van der Waals surface area contributed by atoms with Gasteiger partial charge in [-0.25, -0.2) is 4.39 Å². The van der Waals surface area contributed by atoms with Crippen molar-refractivity contribution in [2.45, 2.75) is 38.0 Å². The van der Waals surface area contributed by atoms with Crippen LogP contribution < -0.4 is 5.32 Å². The van der Waals surface area contributed by atoms with E-state index >= 15 is 0 Å². The lowest BCUT2D eigenvalue weighted by Crippen LogP contribution is -2.50. The summed E-state index contributed by atoms with van der Waals surface area (Å²) in [5.41, 5.74) is 1.80. The maximum Gasteiger partial charge on any atom is 0.128 e. The molecule has 2 aliphatic rings. The van der Waals surface area contributed by atoms with Crippen LogP contribution in [0.3, 0.4) is 0 Å². The number of hydrogen-bond donors (Lipinski definition) is 1. The maximum atomic E-state index is 14.1. The molecule has 4 heteroatoms. The molecule has 1 N–H and O–H groups in total. The zero-order chi connectivity index (χ0) is 14.1. The monoisotopic (exact) mass is 278 g/mol. The van der Waals surface area contributed by atoms with Gasteiger partial charge in [0, 0.05) is 18.2 Å². The average molecular weight is 278 g/mol. The summed E-state index contributed by atoms with van der Waals surface area (Å²) in [5.74, 6) is -0.151. The highest BCUT2D eigenvalue weighted by atomic mass is 19.1. The number of nitrogens with one attached hydrogen (secondary N) is 1. The van der Waals surface area contributed by atoms with Gasteiger partial charge < -0.3 is 10.1 Å². The summed E-state index contributed by atoms with van der Waals surface area (Å²) in [4.78, 5) is 2.49. The second-order valence-corrected chi connectivity index (χ2v) is 5.95. The highest BCUT2D eigenvalue weighted by molar-refractivity contribution is 5.28. The molecule has 2 aliphatic heterocycles. The fraction of sp³-hybridized carbons (Fsp3) is 0.625. The van der Waals surface area contributed by atoms with Crippen LogP contribution in [0.5, 0.6) is 0 Å². The molecule has 1 aromatic rings. The van der Waals surface area contributed by atoms with E-state index in [1.54, 1.807) is 6.07 Å². The zero-order valence-corrected chi connectivity index (χ0v) is 12.2. The molecule has 2 saturated heterocycles. The highest BCUT2D eigenvalue weighted by Crippen LogP contribution is 2.30. The molecule has 0 saturated carbocycles. The fourth-order valence-electron chi connectivity index (χ4n) is 3.49. The van der Waals surface area contributed by atoms with Gasteiger partial charge in [0.25, 0.3) is 0 Å². The van der Waals surface area contributed by atoms with Crippen molar-refractivity contribution >= 4 is 0 Å². The minimum absolute atomic E-state index is 0.0191. The predicted octanol–water partition coefficient (Wildman–Crippen LogP) is 2.26. The van der Waals surface area contributed by atoms with Gasteiger partial charge in [0.2, 0.25) is 0 Å². The van der Waals surface area contributed by atoms with E-state index < -0.39 is 0 Å². The van der Waals surface area contributed by atoms with Gasteiger partial charge in [0.15, 0.2) is 0 Å². The van der Waals surface area contributed by atoms with Crippen LogP contribution in [0.2, 0.25) is 0 Å². The summed E-state index contributed by atoms with van der Waals surface area (Å²) in [7, 11) is 1.88. The van der Waals surface area contributed by atoms with Gasteiger partial charge >= 0.3 is 0 Å². The van der Waals surface area contributed by atoms with Crippen LogP contribution in [-0.2, 0) is 4.74 Å². The highest BCUT2D eigenvalue weighted by Gasteiger charge is 2.36. The summed E-state index contributed by atoms with van der Waals surface area (Å²) in [6.07, 6.45) is 2.50. The summed E-state index contributed by atoms with van der Waals surface area (Å²) in [6, 6.07) is 5.78. The van der Waals surface area contributed by atoms with E-state index in [0.29, 0.717) is 6.04 Å². The first kappa shape index (κ1) is 14.0. The second-order valence-electron chi connectivity index (χ2n) is 5.95.